The molecule has 0 bridgehead atoms. The van der Waals surface area contributed by atoms with Gasteiger partial charge >= 0.3 is 5.97 Å². The summed E-state index contributed by atoms with van der Waals surface area (Å²) in [5.74, 6) is -1.66. The summed E-state index contributed by atoms with van der Waals surface area (Å²) in [6.45, 7) is 11.6. The molecule has 0 saturated carbocycles. The maximum absolute atomic E-state index is 15.1. The number of carboxylic acid groups (broad SMARTS) is 1. The molecule has 10 heteroatoms. The first-order chi connectivity index (χ1) is 17.2. The fraction of sp³-hybridized carbons (Fsp3) is 0.556. The highest BCUT2D eigenvalue weighted by atomic mass is 19.1. The first-order valence-electron chi connectivity index (χ1n) is 12.5. The van der Waals surface area contributed by atoms with Crippen LogP contribution >= 0.6 is 0 Å². The van der Waals surface area contributed by atoms with Gasteiger partial charge in [0.25, 0.3) is 5.91 Å². The molecule has 1 atom stereocenters. The van der Waals surface area contributed by atoms with Crippen molar-refractivity contribution in [2.75, 3.05) is 29.9 Å². The molecule has 3 N–H and O–H groups in total. The molecule has 3 rings (SSSR count). The minimum Gasteiger partial charge on any atom is -0.479 e. The van der Waals surface area contributed by atoms with Crippen LogP contribution in [0.5, 0.6) is 0 Å². The lowest BCUT2D eigenvalue weighted by molar-refractivity contribution is -0.207. The molecule has 9 nitrogen and oxygen atoms in total. The number of carbonyl (C=O) groups is 2. The number of anilines is 2. The van der Waals surface area contributed by atoms with E-state index in [0.717, 1.165) is 12.8 Å². The van der Waals surface area contributed by atoms with E-state index in [1.54, 1.807) is 72.1 Å². The number of benzene rings is 1. The van der Waals surface area contributed by atoms with Crippen LogP contribution in [0, 0.1) is 11.2 Å². The van der Waals surface area contributed by atoms with Gasteiger partial charge in [-0.2, -0.15) is 0 Å². The van der Waals surface area contributed by atoms with E-state index in [4.69, 9.17) is 4.74 Å². The number of aliphatic carboxylic acids is 1. The van der Waals surface area contributed by atoms with Crippen LogP contribution in [-0.4, -0.2) is 63.8 Å². The number of ether oxygens (including phenoxy) is 1. The number of aromatic nitrogens is 2. The van der Waals surface area contributed by atoms with E-state index in [0.29, 0.717) is 24.7 Å². The number of nitrogens with zero attached hydrogens (tertiary/aromatic N) is 3. The Labute approximate surface area is 217 Å². The molecule has 202 valence electrons. The molecule has 1 aromatic heterocycles. The quantitative estimate of drug-likeness (QED) is 0.481. The van der Waals surface area contributed by atoms with Crippen molar-refractivity contribution in [3.63, 3.8) is 0 Å². The van der Waals surface area contributed by atoms with Gasteiger partial charge in [-0.05, 0) is 57.9 Å². The monoisotopic (exact) mass is 515 g/mol. The number of carboxylic acids is 1. The molecule has 2 aromatic rings. The minimum atomic E-state index is -1.68. The van der Waals surface area contributed by atoms with Gasteiger partial charge in [0.15, 0.2) is 5.60 Å². The normalized spacial score (nSPS) is 16.7. The topological polar surface area (TPSA) is 117 Å². The molecule has 2 heterocycles. The maximum Gasteiger partial charge on any atom is 0.338 e. The van der Waals surface area contributed by atoms with Crippen molar-refractivity contribution in [1.29, 1.82) is 0 Å². The number of hydrogen-bond acceptors (Lipinski definition) is 7. The molecule has 37 heavy (non-hydrogen) atoms. The molecule has 1 aliphatic heterocycles. The molecular formula is C27H38FN5O4. The van der Waals surface area contributed by atoms with Gasteiger partial charge < -0.3 is 25.4 Å². The van der Waals surface area contributed by atoms with Crippen molar-refractivity contribution in [1.82, 2.24) is 15.3 Å². The summed E-state index contributed by atoms with van der Waals surface area (Å²) in [5, 5.41) is 16.0. The second-order valence-electron chi connectivity index (χ2n) is 11.4. The Morgan fingerprint density at radius 1 is 1.11 bits per heavy atom. The zero-order valence-electron chi connectivity index (χ0n) is 22.5. The van der Waals surface area contributed by atoms with E-state index < -0.39 is 34.3 Å². The summed E-state index contributed by atoms with van der Waals surface area (Å²) in [7, 11) is 0. The molecule has 1 saturated heterocycles. The third-order valence-electron chi connectivity index (χ3n) is 6.48. The van der Waals surface area contributed by atoms with E-state index >= 15 is 4.39 Å². The minimum absolute atomic E-state index is 0.114. The van der Waals surface area contributed by atoms with Gasteiger partial charge in [0.05, 0.1) is 17.8 Å². The van der Waals surface area contributed by atoms with Gasteiger partial charge in [-0.25, -0.2) is 19.2 Å². The van der Waals surface area contributed by atoms with Crippen LogP contribution in [0.3, 0.4) is 0 Å². The van der Waals surface area contributed by atoms with Crippen molar-refractivity contribution in [2.24, 2.45) is 5.41 Å². The van der Waals surface area contributed by atoms with Crippen LogP contribution in [-0.2, 0) is 9.53 Å². The lowest BCUT2D eigenvalue weighted by Gasteiger charge is -2.44. The number of halogens is 1. The average molecular weight is 516 g/mol. The van der Waals surface area contributed by atoms with Gasteiger partial charge in [-0.1, -0.05) is 20.8 Å². The smallest absolute Gasteiger partial charge is 0.338 e. The highest BCUT2D eigenvalue weighted by Crippen LogP contribution is 2.37. The Balaban J connectivity index is 1.65. The molecule has 1 unspecified atom stereocenters. The largest absolute Gasteiger partial charge is 0.479 e. The number of piperidine rings is 1. The average Bonchev–Trinajstić information content (AvgIpc) is 2.81. The Hall–Kier alpha value is -3.27. The van der Waals surface area contributed by atoms with Crippen LogP contribution in [0.25, 0.3) is 0 Å². The van der Waals surface area contributed by atoms with Crippen molar-refractivity contribution in [2.45, 2.75) is 71.6 Å². The Kier molecular flexibility index (Phi) is 8.42. The van der Waals surface area contributed by atoms with Crippen LogP contribution in [0.15, 0.2) is 36.7 Å². The Morgan fingerprint density at radius 3 is 2.24 bits per heavy atom. The summed E-state index contributed by atoms with van der Waals surface area (Å²) in [6.07, 6.45) is 4.94. The van der Waals surface area contributed by atoms with Crippen molar-refractivity contribution < 1.29 is 23.8 Å². The van der Waals surface area contributed by atoms with Crippen LogP contribution < -0.4 is 15.5 Å². The van der Waals surface area contributed by atoms with E-state index in [1.165, 1.54) is 6.07 Å². The molecule has 0 aliphatic carbocycles. The Morgan fingerprint density at radius 2 is 1.73 bits per heavy atom. The number of carbonyl (C=O) groups excluding carboxylic acids is 1. The molecule has 1 fully saturated rings. The van der Waals surface area contributed by atoms with E-state index in [-0.39, 0.29) is 18.2 Å². The predicted molar refractivity (Wildman–Crippen MR) is 140 cm³/mol. The molecule has 0 radical (unpaired) electrons. The zero-order valence-corrected chi connectivity index (χ0v) is 22.5. The number of amides is 1. The lowest BCUT2D eigenvalue weighted by Crippen LogP contribution is -2.61. The first kappa shape index (κ1) is 28.3. The standard InChI is InChI=1S/C27H38FN5O4/c1-25(2,3)27(23(35)36,37-26(4,5)6)17-31-22(34)18-8-9-21(20(28)16-18)33-14-10-19(11-15-33)32-24-29-12-7-13-30-24/h7-9,12-13,16,19H,10-11,14-15,17H2,1-6H3,(H,31,34)(H,35,36)(H,29,30,32). The summed E-state index contributed by atoms with van der Waals surface area (Å²) in [6, 6.07) is 6.29. The number of rotatable bonds is 8. The van der Waals surface area contributed by atoms with Gasteiger partial charge in [-0.3, -0.25) is 4.79 Å². The maximum atomic E-state index is 15.1. The van der Waals surface area contributed by atoms with Gasteiger partial charge in [0.1, 0.15) is 5.82 Å². The summed E-state index contributed by atoms with van der Waals surface area (Å²) >= 11 is 0. The van der Waals surface area contributed by atoms with E-state index in [2.05, 4.69) is 20.6 Å². The van der Waals surface area contributed by atoms with Gasteiger partial charge in [-0.15, -0.1) is 0 Å². The highest BCUT2D eigenvalue weighted by Gasteiger charge is 2.52. The van der Waals surface area contributed by atoms with Crippen molar-refractivity contribution >= 4 is 23.5 Å². The molecule has 1 aromatic carbocycles. The SMILES string of the molecule is CC(C)(C)OC(CNC(=O)c1ccc(N2CCC(Nc3ncccn3)CC2)c(F)c1)(C(=O)O)C(C)(C)C. The van der Waals surface area contributed by atoms with Gasteiger partial charge in [0.2, 0.25) is 5.95 Å². The summed E-state index contributed by atoms with van der Waals surface area (Å²) < 4.78 is 21.1. The van der Waals surface area contributed by atoms with E-state index in [1.807, 2.05) is 4.90 Å². The lowest BCUT2D eigenvalue weighted by atomic mass is 9.75. The van der Waals surface area contributed by atoms with Crippen LogP contribution in [0.2, 0.25) is 0 Å². The van der Waals surface area contributed by atoms with Crippen LogP contribution in [0.1, 0.15) is 64.7 Å². The third kappa shape index (κ3) is 6.94. The summed E-state index contributed by atoms with van der Waals surface area (Å²) in [5.41, 5.74) is -2.73. The molecule has 0 spiro atoms. The number of hydrogen-bond donors (Lipinski definition) is 3. The van der Waals surface area contributed by atoms with Crippen molar-refractivity contribution in [3.8, 4) is 0 Å². The highest BCUT2D eigenvalue weighted by molar-refractivity contribution is 5.95. The molecule has 1 aliphatic rings. The molecular weight excluding hydrogens is 477 g/mol. The van der Waals surface area contributed by atoms with E-state index in [9.17, 15) is 14.7 Å². The van der Waals surface area contributed by atoms with Crippen molar-refractivity contribution in [3.05, 3.63) is 48.0 Å². The Bertz CT molecular complexity index is 1090. The fourth-order valence-corrected chi connectivity index (χ4v) is 4.45. The molecule has 1 amide bonds. The predicted octanol–water partition coefficient (Wildman–Crippen LogP) is 4.11. The number of nitrogens with one attached hydrogen (secondary N) is 2. The second kappa shape index (κ2) is 11.0. The summed E-state index contributed by atoms with van der Waals surface area (Å²) in [4.78, 5) is 35.6. The third-order valence-corrected chi connectivity index (χ3v) is 6.48. The van der Waals surface area contributed by atoms with Gasteiger partial charge in [0, 0.05) is 42.5 Å². The second-order valence-corrected chi connectivity index (χ2v) is 11.4. The first-order valence-corrected chi connectivity index (χ1v) is 12.5. The zero-order chi connectivity index (χ0) is 27.4. The van der Waals surface area contributed by atoms with Crippen LogP contribution in [0.4, 0.5) is 16.0 Å². The fourth-order valence-electron chi connectivity index (χ4n) is 4.45.